The number of esters is 1. The van der Waals surface area contributed by atoms with Gasteiger partial charge in [0.05, 0.1) is 21.5 Å². The first-order chi connectivity index (χ1) is 12.8. The second-order valence-corrected chi connectivity index (χ2v) is 5.08. The highest BCUT2D eigenvalue weighted by molar-refractivity contribution is 5.91. The molecule has 1 unspecified atom stereocenters. The Morgan fingerprint density at radius 3 is 2.15 bits per heavy atom. The van der Waals surface area contributed by atoms with Gasteiger partial charge in [-0.1, -0.05) is 5.92 Å². The number of nitrogens with zero attached hydrogens (tertiary/aromatic N) is 2. The predicted molar refractivity (Wildman–Crippen MR) is 89.7 cm³/mol. The number of benzene rings is 2. The first-order valence-electron chi connectivity index (χ1n) is 7.29. The van der Waals surface area contributed by atoms with Crippen LogP contribution in [0.5, 0.6) is 5.75 Å². The van der Waals surface area contributed by atoms with E-state index >= 15 is 0 Å². The summed E-state index contributed by atoms with van der Waals surface area (Å²) in [6.45, 7) is -0.273. The third-order valence-corrected chi connectivity index (χ3v) is 3.21. The minimum absolute atomic E-state index is 0.273. The molecule has 0 saturated carbocycles. The Balaban J connectivity index is 2.11. The van der Waals surface area contributed by atoms with Crippen molar-refractivity contribution < 1.29 is 28.5 Å². The van der Waals surface area contributed by atoms with Crippen molar-refractivity contribution in [2.75, 3.05) is 6.61 Å². The van der Waals surface area contributed by atoms with Gasteiger partial charge in [-0.05, 0) is 24.3 Å². The van der Waals surface area contributed by atoms with Gasteiger partial charge >= 0.3 is 5.97 Å². The van der Waals surface area contributed by atoms with E-state index in [0.717, 1.165) is 24.3 Å². The second kappa shape index (κ2) is 8.39. The van der Waals surface area contributed by atoms with Gasteiger partial charge in [-0.15, -0.1) is 6.42 Å². The van der Waals surface area contributed by atoms with Crippen LogP contribution in [-0.2, 0) is 4.74 Å². The van der Waals surface area contributed by atoms with Gasteiger partial charge in [0.2, 0.25) is 0 Å². The van der Waals surface area contributed by atoms with Crippen LogP contribution in [0.3, 0.4) is 0 Å². The predicted octanol–water partition coefficient (Wildman–Crippen LogP) is 2.88. The largest absolute Gasteiger partial charge is 0.489 e. The lowest BCUT2D eigenvalue weighted by atomic mass is 10.1. The molecule has 0 aliphatic rings. The molecule has 27 heavy (non-hydrogen) atoms. The van der Waals surface area contributed by atoms with Gasteiger partial charge in [0.15, 0.2) is 6.10 Å². The van der Waals surface area contributed by atoms with Crippen molar-refractivity contribution >= 4 is 17.3 Å². The molecule has 0 saturated heterocycles. The quantitative estimate of drug-likeness (QED) is 0.316. The molecule has 9 nitrogen and oxygen atoms in total. The maximum atomic E-state index is 12.8. The Hall–Kier alpha value is -4.00. The minimum Gasteiger partial charge on any atom is -0.489 e. The summed E-state index contributed by atoms with van der Waals surface area (Å²) in [6.07, 6.45) is 4.08. The van der Waals surface area contributed by atoms with Crippen molar-refractivity contribution in [3.8, 4) is 18.1 Å². The maximum Gasteiger partial charge on any atom is 0.340 e. The molecular weight excluding hydrogens is 363 g/mol. The molecule has 2 rings (SSSR count). The number of halogens is 1. The van der Waals surface area contributed by atoms with Crippen LogP contribution in [0.4, 0.5) is 15.8 Å². The van der Waals surface area contributed by atoms with E-state index in [1.54, 1.807) is 0 Å². The SMILES string of the molecule is C#CC(COc1ccc(F)cc1)OC(=O)c1cc([N+](=O)[O-])cc([N+](=O)[O-])c1. The molecular formula is C17H11FN2O7. The Kier molecular flexibility index (Phi) is 6.01. The first-order valence-corrected chi connectivity index (χ1v) is 7.29. The molecule has 0 fully saturated rings. The number of carbonyl (C=O) groups excluding carboxylic acids is 1. The topological polar surface area (TPSA) is 122 Å². The van der Waals surface area contributed by atoms with Crippen LogP contribution >= 0.6 is 0 Å². The zero-order valence-corrected chi connectivity index (χ0v) is 13.5. The van der Waals surface area contributed by atoms with Crippen LogP contribution in [0, 0.1) is 38.4 Å². The van der Waals surface area contributed by atoms with Gasteiger partial charge < -0.3 is 9.47 Å². The third-order valence-electron chi connectivity index (χ3n) is 3.21. The molecule has 0 heterocycles. The number of hydrogen-bond donors (Lipinski definition) is 0. The van der Waals surface area contributed by atoms with Crippen LogP contribution < -0.4 is 4.74 Å². The van der Waals surface area contributed by atoms with E-state index in [0.29, 0.717) is 6.07 Å². The number of hydrogen-bond acceptors (Lipinski definition) is 7. The number of carbonyl (C=O) groups is 1. The average molecular weight is 374 g/mol. The lowest BCUT2D eigenvalue weighted by molar-refractivity contribution is -0.394. The van der Waals surface area contributed by atoms with Gasteiger partial charge in [0.25, 0.3) is 11.4 Å². The fraction of sp³-hybridized carbons (Fsp3) is 0.118. The van der Waals surface area contributed by atoms with Crippen LogP contribution in [-0.4, -0.2) is 28.5 Å². The molecule has 0 aliphatic heterocycles. The summed E-state index contributed by atoms with van der Waals surface area (Å²) in [6, 6.07) is 7.40. The van der Waals surface area contributed by atoms with Crippen LogP contribution in [0.1, 0.15) is 10.4 Å². The Labute approximate surface area is 151 Å². The van der Waals surface area contributed by atoms with Crippen molar-refractivity contribution in [3.63, 3.8) is 0 Å². The Morgan fingerprint density at radius 1 is 1.11 bits per heavy atom. The number of non-ortho nitro benzene ring substituents is 2. The Morgan fingerprint density at radius 2 is 1.67 bits per heavy atom. The van der Waals surface area contributed by atoms with E-state index in [9.17, 15) is 29.4 Å². The normalized spacial score (nSPS) is 11.1. The zero-order chi connectivity index (χ0) is 20.0. The number of ether oxygens (including phenoxy) is 2. The summed E-state index contributed by atoms with van der Waals surface area (Å²) in [4.78, 5) is 32.1. The van der Waals surface area contributed by atoms with Crippen molar-refractivity contribution in [3.05, 3.63) is 74.1 Å². The van der Waals surface area contributed by atoms with Crippen molar-refractivity contribution in [2.45, 2.75) is 6.10 Å². The smallest absolute Gasteiger partial charge is 0.340 e. The highest BCUT2D eigenvalue weighted by Gasteiger charge is 2.22. The first kappa shape index (κ1) is 19.3. The summed E-state index contributed by atoms with van der Waals surface area (Å²) in [5, 5.41) is 21.7. The van der Waals surface area contributed by atoms with E-state index in [2.05, 4.69) is 5.92 Å². The fourth-order valence-electron chi connectivity index (χ4n) is 1.94. The van der Waals surface area contributed by atoms with E-state index in [1.165, 1.54) is 12.1 Å². The van der Waals surface area contributed by atoms with Gasteiger partial charge in [0, 0.05) is 12.1 Å². The molecule has 2 aromatic rings. The average Bonchev–Trinajstić information content (AvgIpc) is 2.65. The van der Waals surface area contributed by atoms with Crippen LogP contribution in [0.2, 0.25) is 0 Å². The molecule has 138 valence electrons. The van der Waals surface area contributed by atoms with E-state index < -0.39 is 44.7 Å². The molecule has 0 amide bonds. The molecule has 0 spiro atoms. The summed E-state index contributed by atoms with van der Waals surface area (Å²) < 4.78 is 23.1. The van der Waals surface area contributed by atoms with E-state index in [1.807, 2.05) is 0 Å². The molecule has 0 bridgehead atoms. The van der Waals surface area contributed by atoms with E-state index in [4.69, 9.17) is 15.9 Å². The van der Waals surface area contributed by atoms with Crippen molar-refractivity contribution in [2.24, 2.45) is 0 Å². The standard InChI is InChI=1S/C17H11FN2O7/c1-2-15(10-26-16-5-3-12(18)4-6-16)27-17(21)11-7-13(19(22)23)9-14(8-11)20(24)25/h1,3-9,15H,10H2. The highest BCUT2D eigenvalue weighted by Crippen LogP contribution is 2.23. The van der Waals surface area contributed by atoms with Gasteiger partial charge in [0.1, 0.15) is 18.2 Å². The highest BCUT2D eigenvalue weighted by atomic mass is 19.1. The molecule has 0 aromatic heterocycles. The third kappa shape index (κ3) is 5.23. The molecule has 0 radical (unpaired) electrons. The Bertz CT molecular complexity index is 890. The number of terminal acetylenes is 1. The fourth-order valence-corrected chi connectivity index (χ4v) is 1.94. The van der Waals surface area contributed by atoms with E-state index in [-0.39, 0.29) is 12.4 Å². The van der Waals surface area contributed by atoms with Gasteiger partial charge in [-0.3, -0.25) is 20.2 Å². The van der Waals surface area contributed by atoms with Gasteiger partial charge in [-0.25, -0.2) is 9.18 Å². The summed E-state index contributed by atoms with van der Waals surface area (Å²) in [7, 11) is 0. The molecule has 10 heteroatoms. The van der Waals surface area contributed by atoms with Crippen LogP contribution in [0.25, 0.3) is 0 Å². The van der Waals surface area contributed by atoms with Gasteiger partial charge in [-0.2, -0.15) is 0 Å². The summed E-state index contributed by atoms with van der Waals surface area (Å²) in [5.74, 6) is 0.872. The second-order valence-electron chi connectivity index (χ2n) is 5.08. The van der Waals surface area contributed by atoms with Crippen LogP contribution in [0.15, 0.2) is 42.5 Å². The zero-order valence-electron chi connectivity index (χ0n) is 13.5. The van der Waals surface area contributed by atoms with Crippen molar-refractivity contribution in [1.82, 2.24) is 0 Å². The number of nitro benzene ring substituents is 2. The molecule has 1 atom stereocenters. The van der Waals surface area contributed by atoms with Crippen molar-refractivity contribution in [1.29, 1.82) is 0 Å². The molecule has 0 aliphatic carbocycles. The molecule has 0 N–H and O–H groups in total. The lowest BCUT2D eigenvalue weighted by Gasteiger charge is -2.13. The lowest BCUT2D eigenvalue weighted by Crippen LogP contribution is -2.23. The summed E-state index contributed by atoms with van der Waals surface area (Å²) in [5.41, 5.74) is -1.69. The number of rotatable bonds is 7. The minimum atomic E-state index is -1.18. The summed E-state index contributed by atoms with van der Waals surface area (Å²) >= 11 is 0. The number of nitro groups is 2. The monoisotopic (exact) mass is 374 g/mol. The maximum absolute atomic E-state index is 12.8. The molecule has 2 aromatic carbocycles.